The molecule has 2 aromatic carbocycles. The number of halogens is 1. The molecule has 1 aliphatic rings. The highest BCUT2D eigenvalue weighted by molar-refractivity contribution is 7.98. The fraction of sp³-hybridized carbons (Fsp3) is 0.261. The zero-order chi connectivity index (χ0) is 21.9. The highest BCUT2D eigenvalue weighted by Crippen LogP contribution is 2.31. The standard InChI is InChI=1S/C23H22ClN5O2S/c1-16-5-2-3-8-20(16)29-22(28-9-11-30-12-10-28)26-27-23(29)32-15-19-14-31-21(25-19)17-6-4-7-18(24)13-17/h2-8,13-14H,9-12,15H2,1H3. The maximum Gasteiger partial charge on any atom is 0.232 e. The normalized spacial score (nSPS) is 14.1. The Morgan fingerprint density at radius 3 is 2.72 bits per heavy atom. The lowest BCUT2D eigenvalue weighted by Crippen LogP contribution is -2.38. The maximum absolute atomic E-state index is 6.09. The Hall–Kier alpha value is -2.81. The number of oxazole rings is 1. The first-order valence-electron chi connectivity index (χ1n) is 10.4. The number of hydrogen-bond donors (Lipinski definition) is 0. The first kappa shape index (κ1) is 21.1. The van der Waals surface area contributed by atoms with Crippen LogP contribution in [0.5, 0.6) is 0 Å². The third-order valence-electron chi connectivity index (χ3n) is 5.24. The van der Waals surface area contributed by atoms with Gasteiger partial charge < -0.3 is 14.1 Å². The fourth-order valence-corrected chi connectivity index (χ4v) is 4.62. The number of anilines is 1. The van der Waals surface area contributed by atoms with Gasteiger partial charge >= 0.3 is 0 Å². The van der Waals surface area contributed by atoms with E-state index in [0.29, 0.717) is 29.9 Å². The number of aromatic nitrogens is 4. The average molecular weight is 468 g/mol. The predicted molar refractivity (Wildman–Crippen MR) is 126 cm³/mol. The predicted octanol–water partition coefficient (Wildman–Crippen LogP) is 5.01. The van der Waals surface area contributed by atoms with E-state index in [4.69, 9.17) is 20.8 Å². The summed E-state index contributed by atoms with van der Waals surface area (Å²) >= 11 is 7.68. The molecule has 0 amide bonds. The molecule has 4 aromatic rings. The monoisotopic (exact) mass is 467 g/mol. The largest absolute Gasteiger partial charge is 0.444 e. The summed E-state index contributed by atoms with van der Waals surface area (Å²) in [5.74, 6) is 2.00. The van der Waals surface area contributed by atoms with Crippen LogP contribution < -0.4 is 4.90 Å². The van der Waals surface area contributed by atoms with Gasteiger partial charge in [0.05, 0.1) is 24.6 Å². The Morgan fingerprint density at radius 2 is 1.91 bits per heavy atom. The lowest BCUT2D eigenvalue weighted by atomic mass is 10.2. The van der Waals surface area contributed by atoms with Gasteiger partial charge in [-0.25, -0.2) is 4.98 Å². The fourth-order valence-electron chi connectivity index (χ4n) is 3.61. The molecule has 1 aliphatic heterocycles. The molecule has 2 aromatic heterocycles. The van der Waals surface area contributed by atoms with Crippen molar-refractivity contribution in [2.75, 3.05) is 31.2 Å². The summed E-state index contributed by atoms with van der Waals surface area (Å²) in [5.41, 5.74) is 3.92. The van der Waals surface area contributed by atoms with Crippen LogP contribution in [0.25, 0.3) is 17.1 Å². The van der Waals surface area contributed by atoms with E-state index in [-0.39, 0.29) is 0 Å². The van der Waals surface area contributed by atoms with E-state index >= 15 is 0 Å². The van der Waals surface area contributed by atoms with Gasteiger partial charge in [0.25, 0.3) is 0 Å². The molecule has 1 saturated heterocycles. The topological polar surface area (TPSA) is 69.2 Å². The molecule has 0 N–H and O–H groups in total. The van der Waals surface area contributed by atoms with Gasteiger partial charge in [-0.15, -0.1) is 10.2 Å². The van der Waals surface area contributed by atoms with Crippen LogP contribution in [-0.2, 0) is 10.5 Å². The van der Waals surface area contributed by atoms with Crippen molar-refractivity contribution in [3.8, 4) is 17.1 Å². The van der Waals surface area contributed by atoms with Gasteiger partial charge in [-0.05, 0) is 36.8 Å². The van der Waals surface area contributed by atoms with Gasteiger partial charge in [-0.3, -0.25) is 4.57 Å². The molecule has 0 bridgehead atoms. The van der Waals surface area contributed by atoms with Crippen molar-refractivity contribution in [2.24, 2.45) is 0 Å². The molecule has 164 valence electrons. The molecule has 5 rings (SSSR count). The van der Waals surface area contributed by atoms with Crippen LogP contribution in [0.4, 0.5) is 5.95 Å². The van der Waals surface area contributed by atoms with Gasteiger partial charge in [0, 0.05) is 29.4 Å². The second-order valence-electron chi connectivity index (χ2n) is 7.45. The van der Waals surface area contributed by atoms with Crippen molar-refractivity contribution < 1.29 is 9.15 Å². The van der Waals surface area contributed by atoms with Crippen LogP contribution in [0.3, 0.4) is 0 Å². The van der Waals surface area contributed by atoms with Crippen LogP contribution in [0.15, 0.2) is 64.4 Å². The van der Waals surface area contributed by atoms with E-state index in [1.807, 2.05) is 36.4 Å². The summed E-state index contributed by atoms with van der Waals surface area (Å²) in [4.78, 5) is 6.85. The molecule has 0 aliphatic carbocycles. The molecule has 0 spiro atoms. The number of ether oxygens (including phenoxy) is 1. The van der Waals surface area contributed by atoms with E-state index in [9.17, 15) is 0 Å². The SMILES string of the molecule is Cc1ccccc1-n1c(SCc2coc(-c3cccc(Cl)c3)n2)nnc1N1CCOCC1. The quantitative estimate of drug-likeness (QED) is 0.369. The molecule has 32 heavy (non-hydrogen) atoms. The lowest BCUT2D eigenvalue weighted by molar-refractivity contribution is 0.122. The number of morpholine rings is 1. The number of benzene rings is 2. The van der Waals surface area contributed by atoms with E-state index in [0.717, 1.165) is 46.7 Å². The third-order valence-corrected chi connectivity index (χ3v) is 6.44. The summed E-state index contributed by atoms with van der Waals surface area (Å²) in [6.45, 7) is 5.06. The molecule has 0 radical (unpaired) electrons. The van der Waals surface area contributed by atoms with Gasteiger partial charge in [0.15, 0.2) is 5.16 Å². The number of rotatable bonds is 6. The molecule has 9 heteroatoms. The van der Waals surface area contributed by atoms with Gasteiger partial charge in [0.1, 0.15) is 6.26 Å². The van der Waals surface area contributed by atoms with E-state index in [1.165, 1.54) is 0 Å². The maximum atomic E-state index is 6.09. The Morgan fingerprint density at radius 1 is 1.06 bits per heavy atom. The van der Waals surface area contributed by atoms with Crippen LogP contribution in [-0.4, -0.2) is 46.1 Å². The summed E-state index contributed by atoms with van der Waals surface area (Å²) in [7, 11) is 0. The molecule has 0 unspecified atom stereocenters. The van der Waals surface area contributed by atoms with E-state index in [2.05, 4.69) is 43.7 Å². The van der Waals surface area contributed by atoms with E-state index in [1.54, 1.807) is 18.0 Å². The number of aryl methyl sites for hydroxylation is 1. The molecule has 7 nitrogen and oxygen atoms in total. The number of nitrogens with zero attached hydrogens (tertiary/aromatic N) is 5. The minimum atomic E-state index is 0.553. The Balaban J connectivity index is 1.42. The number of hydrogen-bond acceptors (Lipinski definition) is 7. The van der Waals surface area contributed by atoms with Crippen LogP contribution in [0, 0.1) is 6.92 Å². The van der Waals surface area contributed by atoms with Crippen molar-refractivity contribution in [1.82, 2.24) is 19.7 Å². The first-order valence-corrected chi connectivity index (χ1v) is 11.7. The van der Waals surface area contributed by atoms with Gasteiger partial charge in [-0.2, -0.15) is 0 Å². The molecular weight excluding hydrogens is 446 g/mol. The first-order chi connectivity index (χ1) is 15.7. The van der Waals surface area contributed by atoms with Crippen molar-refractivity contribution in [2.45, 2.75) is 17.8 Å². The number of thioether (sulfide) groups is 1. The highest BCUT2D eigenvalue weighted by Gasteiger charge is 2.23. The minimum absolute atomic E-state index is 0.553. The zero-order valence-electron chi connectivity index (χ0n) is 17.6. The molecule has 3 heterocycles. The Bertz CT molecular complexity index is 1220. The van der Waals surface area contributed by atoms with Crippen molar-refractivity contribution >= 4 is 29.3 Å². The third kappa shape index (κ3) is 4.39. The lowest BCUT2D eigenvalue weighted by Gasteiger charge is -2.28. The Kier molecular flexibility index (Phi) is 6.16. The van der Waals surface area contributed by atoms with Gasteiger partial charge in [-0.1, -0.05) is 47.6 Å². The minimum Gasteiger partial charge on any atom is -0.444 e. The van der Waals surface area contributed by atoms with E-state index < -0.39 is 0 Å². The smallest absolute Gasteiger partial charge is 0.232 e. The van der Waals surface area contributed by atoms with Gasteiger partial charge in [0.2, 0.25) is 11.8 Å². The summed E-state index contributed by atoms with van der Waals surface area (Å²) in [5, 5.41) is 10.5. The highest BCUT2D eigenvalue weighted by atomic mass is 35.5. The molecular formula is C23H22ClN5O2S. The van der Waals surface area contributed by atoms with Crippen molar-refractivity contribution in [3.05, 3.63) is 71.1 Å². The summed E-state index contributed by atoms with van der Waals surface area (Å²) in [6, 6.07) is 15.8. The summed E-state index contributed by atoms with van der Waals surface area (Å²) < 4.78 is 13.3. The number of para-hydroxylation sites is 1. The second-order valence-corrected chi connectivity index (χ2v) is 8.83. The Labute approximate surface area is 195 Å². The summed E-state index contributed by atoms with van der Waals surface area (Å²) in [6.07, 6.45) is 1.68. The van der Waals surface area contributed by atoms with Crippen LogP contribution in [0.2, 0.25) is 5.02 Å². The van der Waals surface area contributed by atoms with Crippen molar-refractivity contribution in [1.29, 1.82) is 0 Å². The zero-order valence-corrected chi connectivity index (χ0v) is 19.1. The molecule has 1 fully saturated rings. The van der Waals surface area contributed by atoms with Crippen LogP contribution in [0.1, 0.15) is 11.3 Å². The molecule has 0 saturated carbocycles. The molecule has 0 atom stereocenters. The average Bonchev–Trinajstić information content (AvgIpc) is 3.46. The second kappa shape index (κ2) is 9.36. The van der Waals surface area contributed by atoms with Crippen molar-refractivity contribution in [3.63, 3.8) is 0 Å². The van der Waals surface area contributed by atoms with Crippen LogP contribution >= 0.6 is 23.4 Å².